The maximum absolute atomic E-state index is 10.7. The van der Waals surface area contributed by atoms with Gasteiger partial charge in [0.1, 0.15) is 0 Å². The number of aromatic carboxylic acids is 1. The standard InChI is InChI=1S/C7H3Br2ClO2/c8-3-1-2-4(10)5(6(3)9)7(11)12/h1-2H,(H,11,12). The van der Waals surface area contributed by atoms with E-state index in [1.165, 1.54) is 6.07 Å². The van der Waals surface area contributed by atoms with Crippen LogP contribution in [-0.4, -0.2) is 11.1 Å². The highest BCUT2D eigenvalue weighted by Gasteiger charge is 2.14. The first-order valence-corrected chi connectivity index (χ1v) is 4.87. The van der Waals surface area contributed by atoms with Crippen LogP contribution >= 0.6 is 43.5 Å². The van der Waals surface area contributed by atoms with Crippen LogP contribution in [0, 0.1) is 0 Å². The van der Waals surface area contributed by atoms with E-state index < -0.39 is 5.97 Å². The van der Waals surface area contributed by atoms with Crippen molar-refractivity contribution in [2.24, 2.45) is 0 Å². The molecule has 1 aromatic carbocycles. The fourth-order valence-corrected chi connectivity index (χ4v) is 1.92. The van der Waals surface area contributed by atoms with Gasteiger partial charge in [0.05, 0.1) is 10.6 Å². The summed E-state index contributed by atoms with van der Waals surface area (Å²) >= 11 is 12.0. The van der Waals surface area contributed by atoms with E-state index in [2.05, 4.69) is 31.9 Å². The normalized spacial score (nSPS) is 9.92. The highest BCUT2D eigenvalue weighted by atomic mass is 79.9. The van der Waals surface area contributed by atoms with Crippen LogP contribution in [0.25, 0.3) is 0 Å². The average molecular weight is 314 g/mol. The summed E-state index contributed by atoms with van der Waals surface area (Å²) in [4.78, 5) is 10.7. The number of halogens is 3. The summed E-state index contributed by atoms with van der Waals surface area (Å²) < 4.78 is 1.13. The fourth-order valence-electron chi connectivity index (χ4n) is 0.723. The van der Waals surface area contributed by atoms with E-state index in [1.54, 1.807) is 6.07 Å². The van der Waals surface area contributed by atoms with E-state index in [-0.39, 0.29) is 10.6 Å². The van der Waals surface area contributed by atoms with Crippen molar-refractivity contribution in [3.63, 3.8) is 0 Å². The SMILES string of the molecule is O=C(O)c1c(Cl)ccc(Br)c1Br. The molecular formula is C7H3Br2ClO2. The Morgan fingerprint density at radius 1 is 1.42 bits per heavy atom. The Labute approximate surface area is 90.8 Å². The Morgan fingerprint density at radius 2 is 2.00 bits per heavy atom. The molecule has 64 valence electrons. The number of benzene rings is 1. The van der Waals surface area contributed by atoms with Crippen molar-refractivity contribution in [2.45, 2.75) is 0 Å². The first-order chi connectivity index (χ1) is 5.54. The monoisotopic (exact) mass is 312 g/mol. The van der Waals surface area contributed by atoms with E-state index in [0.717, 1.165) is 0 Å². The lowest BCUT2D eigenvalue weighted by Crippen LogP contribution is -1.99. The van der Waals surface area contributed by atoms with E-state index in [4.69, 9.17) is 16.7 Å². The molecule has 0 bridgehead atoms. The van der Waals surface area contributed by atoms with Crippen molar-refractivity contribution in [3.05, 3.63) is 31.7 Å². The van der Waals surface area contributed by atoms with Gasteiger partial charge in [0.2, 0.25) is 0 Å². The summed E-state index contributed by atoms with van der Waals surface area (Å²) in [7, 11) is 0. The molecule has 0 heterocycles. The third-order valence-corrected chi connectivity index (χ3v) is 3.59. The number of rotatable bonds is 1. The lowest BCUT2D eigenvalue weighted by molar-refractivity contribution is 0.0696. The van der Waals surface area contributed by atoms with Crippen molar-refractivity contribution in [2.75, 3.05) is 0 Å². The van der Waals surface area contributed by atoms with Gasteiger partial charge in [-0.3, -0.25) is 0 Å². The van der Waals surface area contributed by atoms with Crippen LogP contribution in [0.5, 0.6) is 0 Å². The third kappa shape index (κ3) is 1.81. The number of hydrogen-bond donors (Lipinski definition) is 1. The molecule has 12 heavy (non-hydrogen) atoms. The quantitative estimate of drug-likeness (QED) is 0.805. The van der Waals surface area contributed by atoms with Crippen molar-refractivity contribution >= 4 is 49.4 Å². The van der Waals surface area contributed by atoms with Crippen molar-refractivity contribution in [1.29, 1.82) is 0 Å². The van der Waals surface area contributed by atoms with E-state index in [1.807, 2.05) is 0 Å². The first kappa shape index (κ1) is 10.0. The van der Waals surface area contributed by atoms with Gasteiger partial charge in [-0.15, -0.1) is 0 Å². The van der Waals surface area contributed by atoms with Gasteiger partial charge >= 0.3 is 5.97 Å². The second kappa shape index (κ2) is 3.77. The Balaban J connectivity index is 3.43. The van der Waals surface area contributed by atoms with Gasteiger partial charge in [0, 0.05) is 8.95 Å². The van der Waals surface area contributed by atoms with Gasteiger partial charge in [0.25, 0.3) is 0 Å². The number of carbonyl (C=O) groups is 1. The van der Waals surface area contributed by atoms with E-state index >= 15 is 0 Å². The highest BCUT2D eigenvalue weighted by Crippen LogP contribution is 2.31. The van der Waals surface area contributed by atoms with Crippen LogP contribution in [0.3, 0.4) is 0 Å². The summed E-state index contributed by atoms with van der Waals surface area (Å²) in [5.41, 5.74) is 0.0750. The zero-order valence-electron chi connectivity index (χ0n) is 5.64. The smallest absolute Gasteiger partial charge is 0.338 e. The number of carboxylic acids is 1. The highest BCUT2D eigenvalue weighted by molar-refractivity contribution is 9.13. The summed E-state index contributed by atoms with van der Waals surface area (Å²) in [6.07, 6.45) is 0. The third-order valence-electron chi connectivity index (χ3n) is 1.26. The zero-order valence-corrected chi connectivity index (χ0v) is 9.57. The Kier molecular flexibility index (Phi) is 3.15. The van der Waals surface area contributed by atoms with Gasteiger partial charge in [-0.1, -0.05) is 11.6 Å². The molecule has 0 saturated heterocycles. The van der Waals surface area contributed by atoms with Gasteiger partial charge in [-0.2, -0.15) is 0 Å². The molecule has 1 aromatic rings. The minimum Gasteiger partial charge on any atom is -0.478 e. The number of hydrogen-bond acceptors (Lipinski definition) is 1. The molecule has 0 spiro atoms. The van der Waals surface area contributed by atoms with Crippen LogP contribution in [0.4, 0.5) is 0 Å². The lowest BCUT2D eigenvalue weighted by atomic mass is 10.2. The van der Waals surface area contributed by atoms with Crippen LogP contribution in [0.2, 0.25) is 5.02 Å². The summed E-state index contributed by atoms with van der Waals surface area (Å²) in [6, 6.07) is 3.21. The molecule has 5 heteroatoms. The van der Waals surface area contributed by atoms with Crippen LogP contribution < -0.4 is 0 Å². The molecule has 1 rings (SSSR count). The fraction of sp³-hybridized carbons (Fsp3) is 0. The zero-order chi connectivity index (χ0) is 9.30. The molecule has 0 aliphatic rings. The van der Waals surface area contributed by atoms with Crippen LogP contribution in [-0.2, 0) is 0 Å². The Bertz CT molecular complexity index is 338. The molecule has 0 amide bonds. The van der Waals surface area contributed by atoms with Crippen LogP contribution in [0.1, 0.15) is 10.4 Å². The minimum absolute atomic E-state index is 0.0750. The molecule has 1 N–H and O–H groups in total. The maximum atomic E-state index is 10.7. The molecule has 0 unspecified atom stereocenters. The number of carboxylic acid groups (broad SMARTS) is 1. The molecule has 0 fully saturated rings. The molecular weight excluding hydrogens is 311 g/mol. The summed E-state index contributed by atoms with van der Waals surface area (Å²) in [5, 5.41) is 8.96. The predicted octanol–water partition coefficient (Wildman–Crippen LogP) is 3.56. The maximum Gasteiger partial charge on any atom is 0.338 e. The molecule has 2 nitrogen and oxygen atoms in total. The molecule has 0 atom stereocenters. The summed E-state index contributed by atoms with van der Waals surface area (Å²) in [5.74, 6) is -1.05. The molecule has 0 aliphatic heterocycles. The van der Waals surface area contributed by atoms with Crippen molar-refractivity contribution in [1.82, 2.24) is 0 Å². The van der Waals surface area contributed by atoms with E-state index in [9.17, 15) is 4.79 Å². The Hall–Kier alpha value is -0.0600. The topological polar surface area (TPSA) is 37.3 Å². The molecule has 0 aromatic heterocycles. The van der Waals surface area contributed by atoms with Crippen molar-refractivity contribution < 1.29 is 9.90 Å². The molecule has 0 radical (unpaired) electrons. The van der Waals surface area contributed by atoms with Gasteiger partial charge < -0.3 is 5.11 Å². The molecule has 0 saturated carbocycles. The van der Waals surface area contributed by atoms with Gasteiger partial charge in [-0.25, -0.2) is 4.79 Å². The second-order valence-electron chi connectivity index (χ2n) is 2.02. The summed E-state index contributed by atoms with van der Waals surface area (Å²) in [6.45, 7) is 0. The van der Waals surface area contributed by atoms with Gasteiger partial charge in [-0.05, 0) is 44.0 Å². The largest absolute Gasteiger partial charge is 0.478 e. The van der Waals surface area contributed by atoms with E-state index in [0.29, 0.717) is 8.95 Å². The minimum atomic E-state index is -1.05. The average Bonchev–Trinajstić information content (AvgIpc) is 1.97. The second-order valence-corrected chi connectivity index (χ2v) is 4.08. The lowest BCUT2D eigenvalue weighted by Gasteiger charge is -2.02. The van der Waals surface area contributed by atoms with Crippen LogP contribution in [0.15, 0.2) is 21.1 Å². The predicted molar refractivity (Wildman–Crippen MR) is 53.8 cm³/mol. The molecule has 0 aliphatic carbocycles. The van der Waals surface area contributed by atoms with Crippen molar-refractivity contribution in [3.8, 4) is 0 Å². The van der Waals surface area contributed by atoms with Gasteiger partial charge in [0.15, 0.2) is 0 Å². The first-order valence-electron chi connectivity index (χ1n) is 2.91. The Morgan fingerprint density at radius 3 is 2.42 bits per heavy atom.